The van der Waals surface area contributed by atoms with E-state index in [0.717, 1.165) is 55.3 Å². The van der Waals surface area contributed by atoms with E-state index >= 15 is 0 Å². The molecule has 5 aromatic carbocycles. The molecule has 0 spiro atoms. The quantitative estimate of drug-likeness (QED) is 0.142. The van der Waals surface area contributed by atoms with Crippen molar-refractivity contribution in [2.75, 3.05) is 13.2 Å². The Morgan fingerprint density at radius 2 is 1.49 bits per heavy atom. The van der Waals surface area contributed by atoms with Gasteiger partial charge in [-0.2, -0.15) is 0 Å². The molecule has 8 heteroatoms. The molecule has 254 valence electrons. The molecule has 0 unspecified atom stereocenters. The van der Waals surface area contributed by atoms with Crippen LogP contribution in [0.3, 0.4) is 0 Å². The molecule has 51 heavy (non-hydrogen) atoms. The smallest absolute Gasteiger partial charge is 0.407 e. The van der Waals surface area contributed by atoms with Gasteiger partial charge in [-0.3, -0.25) is 9.78 Å². The molecule has 2 N–H and O–H groups in total. The highest BCUT2D eigenvalue weighted by molar-refractivity contribution is 5.98. The number of fused-ring (bicyclic) bond motifs is 4. The second-order valence-electron chi connectivity index (χ2n) is 12.8. The Hall–Kier alpha value is -6.28. The fourth-order valence-electron chi connectivity index (χ4n) is 6.67. The van der Waals surface area contributed by atoms with Gasteiger partial charge in [0.15, 0.2) is 0 Å². The second kappa shape index (κ2) is 14.7. The van der Waals surface area contributed by atoms with Crippen LogP contribution < -0.4 is 10.6 Å². The van der Waals surface area contributed by atoms with Crippen LogP contribution in [-0.4, -0.2) is 36.1 Å². The highest BCUT2D eigenvalue weighted by Crippen LogP contribution is 2.44. The standard InChI is InChI=1S/C43H37N3O5/c1-27-11-18-34(28(2)21-27)42(48)50-25-29-12-14-30(15-13-29)40(46-41(47)32-16-17-33-23-44-20-19-31(33)22-32)24-45-43(49)51-26-39-37-9-5-3-7-35(37)36-8-4-6-10-38(36)39/h3-23,39-40H,24-26H2,1-2H3,(H,45,49)(H,46,47)/t40-/m1/s1. The summed E-state index contributed by atoms with van der Waals surface area (Å²) in [6.07, 6.45) is 2.86. The summed E-state index contributed by atoms with van der Waals surface area (Å²) < 4.78 is 11.4. The van der Waals surface area contributed by atoms with Crippen molar-refractivity contribution in [1.29, 1.82) is 0 Å². The van der Waals surface area contributed by atoms with Crippen LogP contribution in [0.2, 0.25) is 0 Å². The summed E-state index contributed by atoms with van der Waals surface area (Å²) in [5.74, 6) is -0.752. The number of hydrogen-bond acceptors (Lipinski definition) is 6. The Morgan fingerprint density at radius 1 is 0.765 bits per heavy atom. The number of benzene rings is 5. The van der Waals surface area contributed by atoms with Gasteiger partial charge < -0.3 is 20.1 Å². The fourth-order valence-corrected chi connectivity index (χ4v) is 6.67. The number of ether oxygens (including phenoxy) is 2. The number of hydrogen-bond donors (Lipinski definition) is 2. The van der Waals surface area contributed by atoms with Gasteiger partial charge in [0.05, 0.1) is 11.6 Å². The SMILES string of the molecule is Cc1ccc(C(=O)OCc2ccc([C@@H](CNC(=O)OCC3c4ccccc4-c4ccccc43)NC(=O)c3ccc4cnccc4c3)cc2)c(C)c1. The molecule has 0 radical (unpaired) electrons. The van der Waals surface area contributed by atoms with Crippen molar-refractivity contribution in [3.63, 3.8) is 0 Å². The van der Waals surface area contributed by atoms with E-state index in [9.17, 15) is 14.4 Å². The van der Waals surface area contributed by atoms with Gasteiger partial charge in [0.2, 0.25) is 0 Å². The molecule has 1 aromatic heterocycles. The molecule has 0 saturated carbocycles. The minimum absolute atomic E-state index is 0.0710. The Bertz CT molecular complexity index is 2200. The lowest BCUT2D eigenvalue weighted by molar-refractivity contribution is 0.0471. The topological polar surface area (TPSA) is 107 Å². The molecule has 1 atom stereocenters. The molecule has 2 amide bonds. The monoisotopic (exact) mass is 675 g/mol. The van der Waals surface area contributed by atoms with Gasteiger partial charge in [-0.15, -0.1) is 0 Å². The zero-order valence-electron chi connectivity index (χ0n) is 28.4. The van der Waals surface area contributed by atoms with E-state index in [4.69, 9.17) is 9.47 Å². The molecule has 8 nitrogen and oxygen atoms in total. The summed E-state index contributed by atoms with van der Waals surface area (Å²) in [6, 6.07) is 36.1. The van der Waals surface area contributed by atoms with Crippen LogP contribution in [0.15, 0.2) is 128 Å². The number of carbonyl (C=O) groups excluding carboxylic acids is 3. The summed E-state index contributed by atoms with van der Waals surface area (Å²) in [7, 11) is 0. The van der Waals surface area contributed by atoms with Gasteiger partial charge in [-0.1, -0.05) is 96.6 Å². The van der Waals surface area contributed by atoms with Gasteiger partial charge in [0.25, 0.3) is 5.91 Å². The summed E-state index contributed by atoms with van der Waals surface area (Å²) in [5.41, 5.74) is 9.06. The first-order chi connectivity index (χ1) is 24.8. The molecular formula is C43H37N3O5. The zero-order chi connectivity index (χ0) is 35.3. The van der Waals surface area contributed by atoms with Crippen molar-refractivity contribution in [3.8, 4) is 11.1 Å². The number of alkyl carbamates (subject to hydrolysis) is 1. The van der Waals surface area contributed by atoms with Crippen LogP contribution in [0, 0.1) is 13.8 Å². The van der Waals surface area contributed by atoms with Gasteiger partial charge >= 0.3 is 12.1 Å². The van der Waals surface area contributed by atoms with E-state index in [1.807, 2.05) is 92.7 Å². The maximum absolute atomic E-state index is 13.5. The van der Waals surface area contributed by atoms with Crippen LogP contribution in [0.25, 0.3) is 21.9 Å². The minimum Gasteiger partial charge on any atom is -0.457 e. The van der Waals surface area contributed by atoms with Gasteiger partial charge in [-0.25, -0.2) is 9.59 Å². The van der Waals surface area contributed by atoms with Crippen molar-refractivity contribution >= 4 is 28.7 Å². The third kappa shape index (κ3) is 7.35. The first-order valence-electron chi connectivity index (χ1n) is 16.9. The maximum atomic E-state index is 13.5. The molecule has 0 aliphatic heterocycles. The first kappa shape index (κ1) is 33.2. The predicted molar refractivity (Wildman–Crippen MR) is 196 cm³/mol. The van der Waals surface area contributed by atoms with E-state index in [0.29, 0.717) is 11.1 Å². The van der Waals surface area contributed by atoms with E-state index < -0.39 is 12.1 Å². The van der Waals surface area contributed by atoms with Crippen LogP contribution in [0.1, 0.15) is 66.1 Å². The van der Waals surface area contributed by atoms with Crippen molar-refractivity contribution in [2.45, 2.75) is 32.4 Å². The molecule has 0 saturated heterocycles. The maximum Gasteiger partial charge on any atom is 0.407 e. The molecule has 1 aliphatic carbocycles. The lowest BCUT2D eigenvalue weighted by Gasteiger charge is -2.21. The van der Waals surface area contributed by atoms with Crippen molar-refractivity contribution in [2.24, 2.45) is 0 Å². The third-order valence-corrected chi connectivity index (χ3v) is 9.36. The second-order valence-corrected chi connectivity index (χ2v) is 12.8. The van der Waals surface area contributed by atoms with E-state index in [2.05, 4.69) is 39.9 Å². The lowest BCUT2D eigenvalue weighted by atomic mass is 9.98. The molecule has 0 fully saturated rings. The van der Waals surface area contributed by atoms with Gasteiger partial charge in [0, 0.05) is 35.8 Å². The number of rotatable bonds is 10. The number of nitrogens with one attached hydrogen (secondary N) is 2. The Balaban J connectivity index is 1.04. The summed E-state index contributed by atoms with van der Waals surface area (Å²) in [4.78, 5) is 43.6. The number of nitrogens with zero attached hydrogens (tertiary/aromatic N) is 1. The average molecular weight is 676 g/mol. The van der Waals surface area contributed by atoms with Crippen LogP contribution in [0.4, 0.5) is 4.79 Å². The Labute approximate surface area is 296 Å². The predicted octanol–water partition coefficient (Wildman–Crippen LogP) is 8.22. The molecule has 6 aromatic rings. The lowest BCUT2D eigenvalue weighted by Crippen LogP contribution is -2.38. The zero-order valence-corrected chi connectivity index (χ0v) is 28.4. The van der Waals surface area contributed by atoms with E-state index in [-0.39, 0.29) is 37.6 Å². The van der Waals surface area contributed by atoms with Crippen LogP contribution in [-0.2, 0) is 16.1 Å². The van der Waals surface area contributed by atoms with Gasteiger partial charge in [0.1, 0.15) is 13.2 Å². The number of amides is 2. The van der Waals surface area contributed by atoms with Gasteiger partial charge in [-0.05, 0) is 82.4 Å². The van der Waals surface area contributed by atoms with Crippen molar-refractivity contribution in [1.82, 2.24) is 15.6 Å². The Kier molecular flexibility index (Phi) is 9.57. The third-order valence-electron chi connectivity index (χ3n) is 9.36. The number of pyridine rings is 1. The summed E-state index contributed by atoms with van der Waals surface area (Å²) >= 11 is 0. The number of esters is 1. The minimum atomic E-state index is -0.585. The first-order valence-corrected chi connectivity index (χ1v) is 16.9. The summed E-state index contributed by atoms with van der Waals surface area (Å²) in [5, 5.41) is 7.77. The summed E-state index contributed by atoms with van der Waals surface area (Å²) in [6.45, 7) is 4.22. The number of carbonyl (C=O) groups is 3. The fraction of sp³-hybridized carbons (Fsp3) is 0.163. The Morgan fingerprint density at radius 3 is 2.22 bits per heavy atom. The average Bonchev–Trinajstić information content (AvgIpc) is 3.48. The molecule has 1 heterocycles. The van der Waals surface area contributed by atoms with Crippen molar-refractivity contribution in [3.05, 3.63) is 172 Å². The molecular weight excluding hydrogens is 638 g/mol. The van der Waals surface area contributed by atoms with Crippen LogP contribution >= 0.6 is 0 Å². The van der Waals surface area contributed by atoms with Crippen molar-refractivity contribution < 1.29 is 23.9 Å². The highest BCUT2D eigenvalue weighted by Gasteiger charge is 2.29. The highest BCUT2D eigenvalue weighted by atomic mass is 16.5. The normalized spacial score (nSPS) is 12.4. The number of aryl methyl sites for hydroxylation is 2. The van der Waals surface area contributed by atoms with E-state index in [1.54, 1.807) is 24.5 Å². The molecule has 1 aliphatic rings. The number of aromatic nitrogens is 1. The molecule has 0 bridgehead atoms. The van der Waals surface area contributed by atoms with E-state index in [1.165, 1.54) is 0 Å². The largest absolute Gasteiger partial charge is 0.457 e. The molecule has 7 rings (SSSR count). The van der Waals surface area contributed by atoms with Crippen LogP contribution in [0.5, 0.6) is 0 Å².